The zero-order valence-electron chi connectivity index (χ0n) is 9.40. The lowest BCUT2D eigenvalue weighted by molar-refractivity contribution is 0.159. The molecule has 1 aromatic rings. The van der Waals surface area contributed by atoms with Crippen LogP contribution in [0.4, 0.5) is 0 Å². The molecular weight excluding hydrogens is 206 g/mol. The Morgan fingerprint density at radius 1 is 1.44 bits per heavy atom. The average molecular weight is 223 g/mol. The lowest BCUT2D eigenvalue weighted by Crippen LogP contribution is -2.10. The van der Waals surface area contributed by atoms with E-state index in [1.165, 1.54) is 12.8 Å². The van der Waals surface area contributed by atoms with Gasteiger partial charge in [0.1, 0.15) is 0 Å². The van der Waals surface area contributed by atoms with Crippen LogP contribution in [0.1, 0.15) is 18.4 Å². The highest BCUT2D eigenvalue weighted by molar-refractivity contribution is 5.46. The number of ether oxygens (including phenoxy) is 2. The van der Waals surface area contributed by atoms with Gasteiger partial charge in [-0.1, -0.05) is 12.1 Å². The van der Waals surface area contributed by atoms with Crippen LogP contribution in [0.5, 0.6) is 11.5 Å². The van der Waals surface area contributed by atoms with Crippen LogP contribution in [0.3, 0.4) is 0 Å². The van der Waals surface area contributed by atoms with Crippen molar-refractivity contribution in [3.8, 4) is 11.5 Å². The lowest BCUT2D eigenvalue weighted by atomic mass is 10.2. The first-order valence-corrected chi connectivity index (χ1v) is 5.50. The fourth-order valence-corrected chi connectivity index (χ4v) is 1.60. The highest BCUT2D eigenvalue weighted by Crippen LogP contribution is 2.34. The van der Waals surface area contributed by atoms with Crippen molar-refractivity contribution in [2.45, 2.75) is 19.4 Å². The first-order chi connectivity index (χ1) is 7.85. The van der Waals surface area contributed by atoms with Crippen molar-refractivity contribution >= 4 is 0 Å². The van der Waals surface area contributed by atoms with E-state index in [4.69, 9.17) is 14.7 Å². The number of para-hydroxylation sites is 1. The predicted octanol–water partition coefficient (Wildman–Crippen LogP) is 1.96. The fraction of sp³-hybridized carbons (Fsp3) is 0.500. The minimum Gasteiger partial charge on any atom is -0.493 e. The fourth-order valence-electron chi connectivity index (χ4n) is 1.60. The highest BCUT2D eigenvalue weighted by atomic mass is 16.5. The van der Waals surface area contributed by atoms with Crippen molar-refractivity contribution in [1.29, 1.82) is 0 Å². The molecule has 0 bridgehead atoms. The molecular formula is C12H17NO3. The summed E-state index contributed by atoms with van der Waals surface area (Å²) in [6.07, 6.45) is 2.51. The Morgan fingerprint density at radius 3 is 2.88 bits per heavy atom. The Hall–Kier alpha value is -1.26. The minimum atomic E-state index is 0.358. The van der Waals surface area contributed by atoms with E-state index in [2.05, 4.69) is 5.48 Å². The topological polar surface area (TPSA) is 50.7 Å². The van der Waals surface area contributed by atoms with E-state index < -0.39 is 0 Å². The van der Waals surface area contributed by atoms with Crippen molar-refractivity contribution in [2.75, 3.05) is 13.7 Å². The van der Waals surface area contributed by atoms with Gasteiger partial charge in [0, 0.05) is 12.1 Å². The summed E-state index contributed by atoms with van der Waals surface area (Å²) in [5.74, 6) is 2.15. The second-order valence-corrected chi connectivity index (χ2v) is 4.04. The van der Waals surface area contributed by atoms with Gasteiger partial charge < -0.3 is 14.7 Å². The van der Waals surface area contributed by atoms with Gasteiger partial charge in [-0.05, 0) is 24.8 Å². The van der Waals surface area contributed by atoms with Crippen molar-refractivity contribution in [2.24, 2.45) is 5.92 Å². The Morgan fingerprint density at radius 2 is 2.25 bits per heavy atom. The third kappa shape index (κ3) is 2.65. The van der Waals surface area contributed by atoms with Crippen molar-refractivity contribution in [1.82, 2.24) is 5.48 Å². The molecule has 0 radical (unpaired) electrons. The number of methoxy groups -OCH3 is 1. The standard InChI is InChI=1S/C12H17NO3/c1-15-11-4-2-3-10(7-13-14)12(11)16-8-9-5-6-9/h2-4,9,13-14H,5-8H2,1H3. The van der Waals surface area contributed by atoms with E-state index in [0.29, 0.717) is 18.2 Å². The van der Waals surface area contributed by atoms with E-state index >= 15 is 0 Å². The summed E-state index contributed by atoms with van der Waals surface area (Å²) >= 11 is 0. The van der Waals surface area contributed by atoms with Gasteiger partial charge in [-0.25, -0.2) is 5.48 Å². The van der Waals surface area contributed by atoms with Crippen LogP contribution in [-0.4, -0.2) is 18.9 Å². The summed E-state index contributed by atoms with van der Waals surface area (Å²) in [5.41, 5.74) is 3.05. The summed E-state index contributed by atoms with van der Waals surface area (Å²) in [7, 11) is 1.62. The van der Waals surface area contributed by atoms with Crippen LogP contribution in [0.2, 0.25) is 0 Å². The van der Waals surface area contributed by atoms with Gasteiger partial charge in [0.25, 0.3) is 0 Å². The van der Waals surface area contributed by atoms with Gasteiger partial charge in [-0.2, -0.15) is 0 Å². The molecule has 88 valence electrons. The molecule has 2 rings (SSSR count). The number of hydroxylamine groups is 1. The summed E-state index contributed by atoms with van der Waals surface area (Å²) in [6, 6.07) is 5.66. The number of benzene rings is 1. The van der Waals surface area contributed by atoms with E-state index in [-0.39, 0.29) is 0 Å². The number of hydrogen-bond acceptors (Lipinski definition) is 4. The van der Waals surface area contributed by atoms with E-state index in [1.54, 1.807) is 7.11 Å². The first-order valence-electron chi connectivity index (χ1n) is 5.50. The molecule has 4 heteroatoms. The molecule has 0 aromatic heterocycles. The Bertz CT molecular complexity index is 350. The lowest BCUT2D eigenvalue weighted by Gasteiger charge is -2.14. The summed E-state index contributed by atoms with van der Waals surface area (Å²) in [4.78, 5) is 0. The van der Waals surface area contributed by atoms with Crippen LogP contribution >= 0.6 is 0 Å². The number of rotatable bonds is 6. The van der Waals surface area contributed by atoms with Gasteiger partial charge in [-0.15, -0.1) is 0 Å². The maximum absolute atomic E-state index is 8.75. The van der Waals surface area contributed by atoms with Gasteiger partial charge >= 0.3 is 0 Å². The number of nitrogens with one attached hydrogen (secondary N) is 1. The quantitative estimate of drug-likeness (QED) is 0.724. The molecule has 0 atom stereocenters. The predicted molar refractivity (Wildman–Crippen MR) is 59.8 cm³/mol. The first kappa shape index (κ1) is 11.2. The largest absolute Gasteiger partial charge is 0.493 e. The van der Waals surface area contributed by atoms with Crippen LogP contribution in [0, 0.1) is 5.92 Å². The van der Waals surface area contributed by atoms with E-state index in [0.717, 1.165) is 17.9 Å². The SMILES string of the molecule is COc1cccc(CNO)c1OCC1CC1. The number of hydrogen-bond donors (Lipinski definition) is 2. The maximum Gasteiger partial charge on any atom is 0.165 e. The molecule has 1 aliphatic carbocycles. The average Bonchev–Trinajstić information content (AvgIpc) is 3.11. The Balaban J connectivity index is 2.13. The van der Waals surface area contributed by atoms with Crippen LogP contribution in [0.25, 0.3) is 0 Å². The third-order valence-corrected chi connectivity index (χ3v) is 2.71. The van der Waals surface area contributed by atoms with Gasteiger partial charge in [0.05, 0.1) is 13.7 Å². The molecule has 0 amide bonds. The minimum absolute atomic E-state index is 0.358. The third-order valence-electron chi connectivity index (χ3n) is 2.71. The van der Waals surface area contributed by atoms with E-state index in [9.17, 15) is 0 Å². The monoisotopic (exact) mass is 223 g/mol. The van der Waals surface area contributed by atoms with Crippen LogP contribution < -0.4 is 15.0 Å². The molecule has 1 saturated carbocycles. The summed E-state index contributed by atoms with van der Waals surface area (Å²) < 4.78 is 11.0. The normalized spacial score (nSPS) is 14.9. The van der Waals surface area contributed by atoms with Crippen LogP contribution in [-0.2, 0) is 6.54 Å². The molecule has 1 aliphatic rings. The Kier molecular flexibility index (Phi) is 3.64. The molecule has 2 N–H and O–H groups in total. The second kappa shape index (κ2) is 5.18. The zero-order valence-corrected chi connectivity index (χ0v) is 9.40. The van der Waals surface area contributed by atoms with Crippen LogP contribution in [0.15, 0.2) is 18.2 Å². The van der Waals surface area contributed by atoms with Gasteiger partial charge in [0.2, 0.25) is 0 Å². The van der Waals surface area contributed by atoms with Gasteiger partial charge in [0.15, 0.2) is 11.5 Å². The second-order valence-electron chi connectivity index (χ2n) is 4.04. The highest BCUT2D eigenvalue weighted by Gasteiger charge is 2.23. The summed E-state index contributed by atoms with van der Waals surface area (Å²) in [5, 5.41) is 8.75. The van der Waals surface area contributed by atoms with Crippen molar-refractivity contribution in [3.63, 3.8) is 0 Å². The molecule has 1 fully saturated rings. The zero-order chi connectivity index (χ0) is 11.4. The molecule has 0 spiro atoms. The molecule has 0 saturated heterocycles. The molecule has 0 aliphatic heterocycles. The molecule has 0 unspecified atom stereocenters. The van der Waals surface area contributed by atoms with Gasteiger partial charge in [-0.3, -0.25) is 0 Å². The summed E-state index contributed by atoms with van der Waals surface area (Å²) in [6.45, 7) is 1.09. The molecule has 1 aromatic carbocycles. The van der Waals surface area contributed by atoms with E-state index in [1.807, 2.05) is 18.2 Å². The smallest absolute Gasteiger partial charge is 0.165 e. The molecule has 4 nitrogen and oxygen atoms in total. The van der Waals surface area contributed by atoms with Crippen molar-refractivity contribution < 1.29 is 14.7 Å². The maximum atomic E-state index is 8.75. The molecule has 0 heterocycles. The molecule has 16 heavy (non-hydrogen) atoms. The Labute approximate surface area is 95.1 Å². The van der Waals surface area contributed by atoms with Crippen molar-refractivity contribution in [3.05, 3.63) is 23.8 Å².